The molecule has 0 radical (unpaired) electrons. The van der Waals surface area contributed by atoms with Crippen molar-refractivity contribution >= 4 is 17.5 Å². The fourth-order valence-electron chi connectivity index (χ4n) is 7.11. The highest BCUT2D eigenvalue weighted by molar-refractivity contribution is 5.93. The van der Waals surface area contributed by atoms with E-state index in [1.165, 1.54) is 11.1 Å². The molecule has 0 unspecified atom stereocenters. The molecule has 1 N–H and O–H groups in total. The van der Waals surface area contributed by atoms with Gasteiger partial charge in [-0.2, -0.15) is 0 Å². The standard InChI is InChI=1S/C25H34O5/c1-4-5-22(29)30-25(21(28)15-26)13-10-20-18-7-6-16-14-17(27)8-11-23(16,2)19(18)9-12-24(20,25)3/h9,14,18,20,26H,4-8,10-13,15H2,1-3H3/t18-,20+,23+,24+,25+/m1/s1. The molecular formula is C25H34O5. The first-order valence-electron chi connectivity index (χ1n) is 11.5. The maximum absolute atomic E-state index is 13.0. The predicted molar refractivity (Wildman–Crippen MR) is 113 cm³/mol. The summed E-state index contributed by atoms with van der Waals surface area (Å²) >= 11 is 0. The van der Waals surface area contributed by atoms with Crippen LogP contribution in [-0.4, -0.2) is 34.9 Å². The summed E-state index contributed by atoms with van der Waals surface area (Å²) in [5.41, 5.74) is 0.868. The fourth-order valence-corrected chi connectivity index (χ4v) is 7.11. The second kappa shape index (κ2) is 7.44. The van der Waals surface area contributed by atoms with Crippen LogP contribution in [0.25, 0.3) is 0 Å². The summed E-state index contributed by atoms with van der Waals surface area (Å²) in [6.07, 6.45) is 10.4. The van der Waals surface area contributed by atoms with Crippen LogP contribution in [0.5, 0.6) is 0 Å². The number of hydrogen-bond acceptors (Lipinski definition) is 5. The van der Waals surface area contributed by atoms with Crippen LogP contribution in [0.1, 0.15) is 78.6 Å². The van der Waals surface area contributed by atoms with Gasteiger partial charge < -0.3 is 9.84 Å². The van der Waals surface area contributed by atoms with Crippen molar-refractivity contribution in [2.45, 2.75) is 84.2 Å². The SMILES string of the molecule is CCCC(=O)O[C@]1(C(=O)CO)CC[C@H]2[C@@H]3CCC4=CC(=O)CC[C@]4(C)C3=CC[C@@]21C. The lowest BCUT2D eigenvalue weighted by Gasteiger charge is -2.55. The molecule has 5 atom stereocenters. The third-order valence-corrected chi connectivity index (χ3v) is 8.79. The van der Waals surface area contributed by atoms with Crippen molar-refractivity contribution in [3.63, 3.8) is 0 Å². The summed E-state index contributed by atoms with van der Waals surface area (Å²) in [7, 11) is 0. The molecule has 0 aromatic carbocycles. The van der Waals surface area contributed by atoms with E-state index in [2.05, 4.69) is 19.9 Å². The molecule has 5 heteroatoms. The Morgan fingerprint density at radius 1 is 1.20 bits per heavy atom. The first-order chi connectivity index (χ1) is 14.2. The molecule has 30 heavy (non-hydrogen) atoms. The maximum Gasteiger partial charge on any atom is 0.306 e. The Morgan fingerprint density at radius 3 is 2.67 bits per heavy atom. The topological polar surface area (TPSA) is 80.7 Å². The quantitative estimate of drug-likeness (QED) is 0.541. The molecule has 0 spiro atoms. The number of rotatable bonds is 5. The molecule has 2 fully saturated rings. The Labute approximate surface area is 178 Å². The number of hydrogen-bond donors (Lipinski definition) is 1. The van der Waals surface area contributed by atoms with E-state index in [0.717, 1.165) is 25.7 Å². The van der Waals surface area contributed by atoms with E-state index in [0.29, 0.717) is 31.6 Å². The number of aliphatic hydroxyl groups excluding tert-OH is 1. The molecular weight excluding hydrogens is 380 g/mol. The number of esters is 1. The number of ketones is 2. The van der Waals surface area contributed by atoms with Gasteiger partial charge in [0.25, 0.3) is 0 Å². The van der Waals surface area contributed by atoms with Gasteiger partial charge in [0.15, 0.2) is 11.4 Å². The van der Waals surface area contributed by atoms with Crippen molar-refractivity contribution in [3.05, 3.63) is 23.3 Å². The molecule has 0 bridgehead atoms. The third-order valence-electron chi connectivity index (χ3n) is 8.79. The average molecular weight is 415 g/mol. The van der Waals surface area contributed by atoms with Gasteiger partial charge in [-0.1, -0.05) is 38.0 Å². The smallest absolute Gasteiger partial charge is 0.306 e. The van der Waals surface area contributed by atoms with E-state index in [9.17, 15) is 19.5 Å². The molecule has 0 amide bonds. The van der Waals surface area contributed by atoms with Crippen LogP contribution in [-0.2, 0) is 19.1 Å². The van der Waals surface area contributed by atoms with E-state index in [1.54, 1.807) is 0 Å². The summed E-state index contributed by atoms with van der Waals surface area (Å²) in [6, 6.07) is 0. The van der Waals surface area contributed by atoms with Crippen LogP contribution >= 0.6 is 0 Å². The zero-order valence-electron chi connectivity index (χ0n) is 18.5. The van der Waals surface area contributed by atoms with Gasteiger partial charge >= 0.3 is 5.97 Å². The molecule has 0 aliphatic heterocycles. The Balaban J connectivity index is 1.74. The first-order valence-corrected chi connectivity index (χ1v) is 11.5. The fraction of sp³-hybridized carbons (Fsp3) is 0.720. The third kappa shape index (κ3) is 2.88. The van der Waals surface area contributed by atoms with Crippen molar-refractivity contribution in [2.75, 3.05) is 6.61 Å². The molecule has 4 aliphatic rings. The summed E-state index contributed by atoms with van der Waals surface area (Å²) in [5, 5.41) is 9.76. The largest absolute Gasteiger partial charge is 0.450 e. The van der Waals surface area contributed by atoms with Gasteiger partial charge in [-0.25, -0.2) is 0 Å². The highest BCUT2D eigenvalue weighted by Crippen LogP contribution is 2.66. The van der Waals surface area contributed by atoms with Crippen LogP contribution in [0.3, 0.4) is 0 Å². The number of fused-ring (bicyclic) bond motifs is 5. The Morgan fingerprint density at radius 2 is 1.97 bits per heavy atom. The zero-order valence-corrected chi connectivity index (χ0v) is 18.5. The van der Waals surface area contributed by atoms with Crippen LogP contribution in [0, 0.1) is 22.7 Å². The van der Waals surface area contributed by atoms with E-state index < -0.39 is 17.6 Å². The Kier molecular flexibility index (Phi) is 5.32. The minimum Gasteiger partial charge on any atom is -0.450 e. The van der Waals surface area contributed by atoms with Crippen molar-refractivity contribution in [1.82, 2.24) is 0 Å². The summed E-state index contributed by atoms with van der Waals surface area (Å²) < 4.78 is 5.96. The normalized spacial score (nSPS) is 39.9. The molecule has 4 aliphatic carbocycles. The van der Waals surface area contributed by atoms with Gasteiger partial charge in [0.1, 0.15) is 6.61 Å². The Bertz CT molecular complexity index is 838. The van der Waals surface area contributed by atoms with Gasteiger partial charge in [0, 0.05) is 23.7 Å². The van der Waals surface area contributed by atoms with Crippen LogP contribution in [0.15, 0.2) is 23.3 Å². The molecule has 0 aromatic heterocycles. The molecule has 2 saturated carbocycles. The number of Topliss-reactive ketones (excluding diaryl/α,β-unsaturated/α-hetero) is 1. The summed E-state index contributed by atoms with van der Waals surface area (Å²) in [6.45, 7) is 5.67. The van der Waals surface area contributed by atoms with Gasteiger partial charge in [0.2, 0.25) is 5.78 Å². The molecule has 5 nitrogen and oxygen atoms in total. The van der Waals surface area contributed by atoms with Gasteiger partial charge in [-0.05, 0) is 62.9 Å². The number of ether oxygens (including phenoxy) is 1. The number of carbonyl (C=O) groups is 3. The molecule has 4 rings (SSSR count). The number of carbonyl (C=O) groups excluding carboxylic acids is 3. The van der Waals surface area contributed by atoms with E-state index in [4.69, 9.17) is 4.74 Å². The minimum absolute atomic E-state index is 0.0662. The minimum atomic E-state index is -1.24. The van der Waals surface area contributed by atoms with Crippen LogP contribution < -0.4 is 0 Å². The number of allylic oxidation sites excluding steroid dienone is 4. The Hall–Kier alpha value is -1.75. The van der Waals surface area contributed by atoms with Gasteiger partial charge in [-0.15, -0.1) is 0 Å². The van der Waals surface area contributed by atoms with Gasteiger partial charge in [-0.3, -0.25) is 14.4 Å². The first kappa shape index (κ1) is 21.5. The van der Waals surface area contributed by atoms with Crippen molar-refractivity contribution in [3.8, 4) is 0 Å². The van der Waals surface area contributed by atoms with E-state index >= 15 is 0 Å². The predicted octanol–water partition coefficient (Wildman–Crippen LogP) is 4.08. The van der Waals surface area contributed by atoms with Gasteiger partial charge in [0.05, 0.1) is 0 Å². The second-order valence-electron chi connectivity index (χ2n) is 10.2. The highest BCUT2D eigenvalue weighted by Gasteiger charge is 2.66. The van der Waals surface area contributed by atoms with Crippen molar-refractivity contribution in [2.24, 2.45) is 22.7 Å². The van der Waals surface area contributed by atoms with E-state index in [-0.39, 0.29) is 35.3 Å². The van der Waals surface area contributed by atoms with Crippen molar-refractivity contribution in [1.29, 1.82) is 0 Å². The van der Waals surface area contributed by atoms with Crippen molar-refractivity contribution < 1.29 is 24.2 Å². The molecule has 0 saturated heterocycles. The zero-order chi connectivity index (χ0) is 21.7. The lowest BCUT2D eigenvalue weighted by atomic mass is 9.50. The van der Waals surface area contributed by atoms with E-state index in [1.807, 2.05) is 13.0 Å². The lowest BCUT2D eigenvalue weighted by Crippen LogP contribution is -2.57. The lowest BCUT2D eigenvalue weighted by molar-refractivity contribution is -0.184. The molecule has 0 heterocycles. The maximum atomic E-state index is 13.0. The summed E-state index contributed by atoms with van der Waals surface area (Å²) in [4.78, 5) is 37.5. The van der Waals surface area contributed by atoms with Crippen LogP contribution in [0.2, 0.25) is 0 Å². The number of aliphatic hydroxyl groups is 1. The monoisotopic (exact) mass is 414 g/mol. The summed E-state index contributed by atoms with van der Waals surface area (Å²) in [5.74, 6) is 0.0939. The highest BCUT2D eigenvalue weighted by atomic mass is 16.6. The average Bonchev–Trinajstić information content (AvgIpc) is 3.01. The molecule has 164 valence electrons. The van der Waals surface area contributed by atoms with Crippen LogP contribution in [0.4, 0.5) is 0 Å². The molecule has 0 aromatic rings. The second-order valence-corrected chi connectivity index (χ2v) is 10.2.